The Morgan fingerprint density at radius 1 is 0.714 bits per heavy atom. The zero-order chi connectivity index (χ0) is 14.8. The largest absolute Gasteiger partial charge is 0.0885 e. The summed E-state index contributed by atoms with van der Waals surface area (Å²) in [5.41, 5.74) is 0. The zero-order valence-electron chi connectivity index (χ0n) is 14.5. The van der Waals surface area contributed by atoms with Crippen molar-refractivity contribution < 1.29 is 0 Å². The van der Waals surface area contributed by atoms with Gasteiger partial charge in [-0.3, -0.25) is 0 Å². The molecule has 0 unspecified atom stereocenters. The molecule has 0 N–H and O–H groups in total. The Bertz CT molecular complexity index is 264. The molecule has 2 aliphatic carbocycles. The average Bonchev–Trinajstić information content (AvgIpc) is 2.55. The van der Waals surface area contributed by atoms with Crippen molar-refractivity contribution in [2.45, 2.75) is 103 Å². The predicted molar refractivity (Wildman–Crippen MR) is 94.5 cm³/mol. The van der Waals surface area contributed by atoms with Gasteiger partial charge in [-0.05, 0) is 49.9 Å². The average molecular weight is 291 g/mol. The molecule has 0 aliphatic heterocycles. The molecule has 0 aromatic carbocycles. The maximum absolute atomic E-state index is 2.43. The highest BCUT2D eigenvalue weighted by molar-refractivity contribution is 4.83. The third-order valence-corrected chi connectivity index (χ3v) is 6.08. The first-order chi connectivity index (χ1) is 10.4. The van der Waals surface area contributed by atoms with Gasteiger partial charge in [-0.25, -0.2) is 0 Å². The van der Waals surface area contributed by atoms with Gasteiger partial charge in [0.1, 0.15) is 0 Å². The lowest BCUT2D eigenvalue weighted by Gasteiger charge is -2.36. The summed E-state index contributed by atoms with van der Waals surface area (Å²) in [7, 11) is 0. The van der Waals surface area contributed by atoms with E-state index in [-0.39, 0.29) is 0 Å². The molecule has 0 bridgehead atoms. The molecular weight excluding hydrogens is 252 g/mol. The van der Waals surface area contributed by atoms with E-state index in [1.807, 2.05) is 0 Å². The Balaban J connectivity index is 1.51. The van der Waals surface area contributed by atoms with E-state index in [2.05, 4.69) is 19.1 Å². The molecule has 2 saturated carbocycles. The van der Waals surface area contributed by atoms with Gasteiger partial charge in [0, 0.05) is 0 Å². The van der Waals surface area contributed by atoms with E-state index in [1.54, 1.807) is 38.5 Å². The molecule has 0 heteroatoms. The third-order valence-electron chi connectivity index (χ3n) is 6.08. The van der Waals surface area contributed by atoms with Crippen LogP contribution in [0.5, 0.6) is 0 Å². The summed E-state index contributed by atoms with van der Waals surface area (Å²) in [5, 5.41) is 0. The molecule has 0 aromatic heterocycles. The molecule has 122 valence electrons. The van der Waals surface area contributed by atoms with Crippen LogP contribution in [0.4, 0.5) is 0 Å². The Morgan fingerprint density at radius 2 is 1.33 bits per heavy atom. The molecule has 0 saturated heterocycles. The summed E-state index contributed by atoms with van der Waals surface area (Å²) in [6, 6.07) is 0. The van der Waals surface area contributed by atoms with Crippen LogP contribution in [0.3, 0.4) is 0 Å². The molecule has 2 rings (SSSR count). The second-order valence-electron chi connectivity index (χ2n) is 7.72. The highest BCUT2D eigenvalue weighted by atomic mass is 14.3. The minimum absolute atomic E-state index is 1.06. The van der Waals surface area contributed by atoms with Crippen LogP contribution >= 0.6 is 0 Å². The van der Waals surface area contributed by atoms with Gasteiger partial charge in [0.2, 0.25) is 0 Å². The number of rotatable bonds is 8. The van der Waals surface area contributed by atoms with Gasteiger partial charge < -0.3 is 0 Å². The topological polar surface area (TPSA) is 0 Å². The monoisotopic (exact) mass is 290 g/mol. The molecule has 0 atom stereocenters. The molecule has 0 radical (unpaired) electrons. The molecule has 0 aromatic rings. The van der Waals surface area contributed by atoms with E-state index in [1.165, 1.54) is 57.8 Å². The van der Waals surface area contributed by atoms with Crippen LogP contribution < -0.4 is 0 Å². The number of hydrogen-bond acceptors (Lipinski definition) is 0. The molecule has 0 amide bonds. The van der Waals surface area contributed by atoms with Gasteiger partial charge in [-0.1, -0.05) is 83.3 Å². The van der Waals surface area contributed by atoms with Crippen LogP contribution in [-0.4, -0.2) is 0 Å². The first-order valence-corrected chi connectivity index (χ1v) is 10.0. The highest BCUT2D eigenvalue weighted by Gasteiger charge is 2.28. The number of allylic oxidation sites excluding steroid dienone is 2. The van der Waals surface area contributed by atoms with E-state index < -0.39 is 0 Å². The van der Waals surface area contributed by atoms with E-state index in [0.29, 0.717) is 0 Å². The molecule has 21 heavy (non-hydrogen) atoms. The Morgan fingerprint density at radius 3 is 2.00 bits per heavy atom. The fourth-order valence-electron chi connectivity index (χ4n) is 4.64. The van der Waals surface area contributed by atoms with Gasteiger partial charge in [-0.15, -0.1) is 0 Å². The van der Waals surface area contributed by atoms with Crippen LogP contribution in [0.15, 0.2) is 12.2 Å². The lowest BCUT2D eigenvalue weighted by molar-refractivity contribution is 0.163. The molecular formula is C21H38. The second-order valence-corrected chi connectivity index (χ2v) is 7.72. The first kappa shape index (κ1) is 17.1. The normalized spacial score (nSPS) is 28.2. The summed E-state index contributed by atoms with van der Waals surface area (Å²) in [6.45, 7) is 2.28. The van der Waals surface area contributed by atoms with E-state index in [4.69, 9.17) is 0 Å². The Hall–Kier alpha value is -0.260. The second kappa shape index (κ2) is 10.5. The van der Waals surface area contributed by atoms with E-state index in [0.717, 1.165) is 17.8 Å². The summed E-state index contributed by atoms with van der Waals surface area (Å²) in [6.07, 6.45) is 26.9. The van der Waals surface area contributed by atoms with Crippen molar-refractivity contribution >= 4 is 0 Å². The summed E-state index contributed by atoms with van der Waals surface area (Å²) < 4.78 is 0. The van der Waals surface area contributed by atoms with Gasteiger partial charge in [0.15, 0.2) is 0 Å². The van der Waals surface area contributed by atoms with Crippen molar-refractivity contribution in [3.05, 3.63) is 12.2 Å². The Kier molecular flexibility index (Phi) is 8.52. The van der Waals surface area contributed by atoms with Crippen molar-refractivity contribution in [1.82, 2.24) is 0 Å². The lowest BCUT2D eigenvalue weighted by atomic mass is 9.70. The van der Waals surface area contributed by atoms with Crippen molar-refractivity contribution in [2.75, 3.05) is 0 Å². The first-order valence-electron chi connectivity index (χ1n) is 10.0. The maximum Gasteiger partial charge on any atom is -0.0351 e. The van der Waals surface area contributed by atoms with E-state index >= 15 is 0 Å². The van der Waals surface area contributed by atoms with Crippen molar-refractivity contribution in [3.8, 4) is 0 Å². The molecule has 0 nitrogen and oxygen atoms in total. The maximum atomic E-state index is 2.43. The fraction of sp³-hybridized carbons (Fsp3) is 0.905. The van der Waals surface area contributed by atoms with Crippen molar-refractivity contribution in [2.24, 2.45) is 17.8 Å². The number of hydrogen-bond donors (Lipinski definition) is 0. The summed E-state index contributed by atoms with van der Waals surface area (Å²) in [4.78, 5) is 0. The van der Waals surface area contributed by atoms with Gasteiger partial charge in [0.05, 0.1) is 0 Å². The van der Waals surface area contributed by atoms with Crippen LogP contribution in [-0.2, 0) is 0 Å². The van der Waals surface area contributed by atoms with Gasteiger partial charge >= 0.3 is 0 Å². The van der Waals surface area contributed by atoms with Crippen LogP contribution in [0.1, 0.15) is 103 Å². The molecule has 0 spiro atoms. The van der Waals surface area contributed by atoms with Gasteiger partial charge in [0.25, 0.3) is 0 Å². The van der Waals surface area contributed by atoms with Crippen molar-refractivity contribution in [3.63, 3.8) is 0 Å². The summed E-state index contributed by atoms with van der Waals surface area (Å²) >= 11 is 0. The van der Waals surface area contributed by atoms with E-state index in [9.17, 15) is 0 Å². The third kappa shape index (κ3) is 6.57. The van der Waals surface area contributed by atoms with Crippen LogP contribution in [0.2, 0.25) is 0 Å². The Labute approximate surface area is 133 Å². The molecule has 2 fully saturated rings. The minimum Gasteiger partial charge on any atom is -0.0885 e. The quantitative estimate of drug-likeness (QED) is 0.325. The SMILES string of the molecule is CCCC/C=C\CCC[C@H]1CC[C@H](C2CCCCC2)CC1. The highest BCUT2D eigenvalue weighted by Crippen LogP contribution is 2.40. The minimum atomic E-state index is 1.06. The molecule has 0 heterocycles. The lowest BCUT2D eigenvalue weighted by Crippen LogP contribution is -2.23. The van der Waals surface area contributed by atoms with Gasteiger partial charge in [-0.2, -0.15) is 0 Å². The zero-order valence-corrected chi connectivity index (χ0v) is 14.5. The predicted octanol–water partition coefficient (Wildman–Crippen LogP) is 7.29. The fourth-order valence-corrected chi connectivity index (χ4v) is 4.64. The summed E-state index contributed by atoms with van der Waals surface area (Å²) in [5.74, 6) is 3.28. The number of unbranched alkanes of at least 4 members (excludes halogenated alkanes) is 3. The standard InChI is InChI=1S/C21H38/c1-2-3-4-5-6-7-9-12-19-15-17-21(18-16-19)20-13-10-8-11-14-20/h5-6,19-21H,2-4,7-18H2,1H3/b6-5-/t19-,21-. The van der Waals surface area contributed by atoms with Crippen molar-refractivity contribution in [1.29, 1.82) is 0 Å². The van der Waals surface area contributed by atoms with Crippen LogP contribution in [0.25, 0.3) is 0 Å². The van der Waals surface area contributed by atoms with Crippen LogP contribution in [0, 0.1) is 17.8 Å². The molecule has 2 aliphatic rings. The smallest absolute Gasteiger partial charge is 0.0351 e.